The fourth-order valence-electron chi connectivity index (χ4n) is 4.31. The van der Waals surface area contributed by atoms with Crippen LogP contribution in [0.3, 0.4) is 0 Å². The van der Waals surface area contributed by atoms with E-state index in [9.17, 15) is 9.59 Å². The van der Waals surface area contributed by atoms with Crippen LogP contribution in [0.2, 0.25) is 0 Å². The van der Waals surface area contributed by atoms with Gasteiger partial charge in [0, 0.05) is 14.0 Å². The van der Waals surface area contributed by atoms with Gasteiger partial charge in [-0.1, -0.05) is 0 Å². The molecule has 3 heterocycles. The van der Waals surface area contributed by atoms with Gasteiger partial charge in [-0.25, -0.2) is 6.57 Å². The van der Waals surface area contributed by atoms with Crippen LogP contribution >= 0.6 is 0 Å². The van der Waals surface area contributed by atoms with Crippen molar-refractivity contribution in [1.82, 2.24) is 9.80 Å². The molecule has 2 fully saturated rings. The summed E-state index contributed by atoms with van der Waals surface area (Å²) in [6, 6.07) is 1.77. The summed E-state index contributed by atoms with van der Waals surface area (Å²) in [6.45, 7) is 11.4. The van der Waals surface area contributed by atoms with Crippen LogP contribution in [-0.2, 0) is 9.59 Å². The van der Waals surface area contributed by atoms with Gasteiger partial charge in [0.25, 0.3) is 5.54 Å². The van der Waals surface area contributed by atoms with Crippen molar-refractivity contribution in [2.75, 3.05) is 21.0 Å². The van der Waals surface area contributed by atoms with E-state index in [-0.39, 0.29) is 18.6 Å². The Morgan fingerprint density at radius 3 is 2.70 bits per heavy atom. The molecular weight excluding hydrogens is 350 g/mol. The Kier molecular flexibility index (Phi) is 3.74. The van der Waals surface area contributed by atoms with Crippen molar-refractivity contribution in [3.8, 4) is 17.2 Å². The predicted octanol–water partition coefficient (Wildman–Crippen LogP) is 1.60. The third-order valence-corrected chi connectivity index (χ3v) is 5.89. The predicted molar refractivity (Wildman–Crippen MR) is 94.3 cm³/mol. The number of carbonyl (C=O) groups is 2. The molecule has 1 aromatic rings. The van der Waals surface area contributed by atoms with Crippen LogP contribution in [-0.4, -0.2) is 60.2 Å². The lowest BCUT2D eigenvalue weighted by atomic mass is 9.87. The minimum atomic E-state index is -0.931. The van der Waals surface area contributed by atoms with Gasteiger partial charge in [-0.15, -0.1) is 0 Å². The van der Waals surface area contributed by atoms with Gasteiger partial charge >= 0.3 is 0 Å². The van der Waals surface area contributed by atoms with Crippen LogP contribution in [0.15, 0.2) is 12.1 Å². The van der Waals surface area contributed by atoms with Crippen LogP contribution in [0.1, 0.15) is 31.9 Å². The van der Waals surface area contributed by atoms with E-state index in [1.807, 2.05) is 0 Å². The fraction of sp³-hybridized carbons (Fsp3) is 0.526. The average Bonchev–Trinajstić information content (AvgIpc) is 3.26. The number of likely N-dealkylation sites (N-methyl/N-ethyl adjacent to an activating group) is 1. The van der Waals surface area contributed by atoms with Gasteiger partial charge in [0.05, 0.1) is 13.5 Å². The summed E-state index contributed by atoms with van der Waals surface area (Å²) >= 11 is 0. The SMILES string of the molecule is [C-]#[N+][C@@]1(C)C[C@H]2C(=O)N(C)[C@H](C)C(=O)N2[C@H]1c1cc(OC)c2c(c1)OCO2. The molecule has 0 N–H and O–H groups in total. The monoisotopic (exact) mass is 371 g/mol. The van der Waals surface area contributed by atoms with Crippen molar-refractivity contribution < 1.29 is 23.8 Å². The summed E-state index contributed by atoms with van der Waals surface area (Å²) in [5.41, 5.74) is -0.227. The molecule has 142 valence electrons. The van der Waals surface area contributed by atoms with Crippen molar-refractivity contribution in [3.05, 3.63) is 29.1 Å². The Labute approximate surface area is 157 Å². The summed E-state index contributed by atoms with van der Waals surface area (Å²) in [6.07, 6.45) is 0.291. The highest BCUT2D eigenvalue weighted by molar-refractivity contribution is 5.98. The molecule has 8 nitrogen and oxygen atoms in total. The largest absolute Gasteiger partial charge is 0.493 e. The number of piperazine rings is 1. The third kappa shape index (κ3) is 2.27. The summed E-state index contributed by atoms with van der Waals surface area (Å²) < 4.78 is 16.4. The molecule has 0 aromatic heterocycles. The molecule has 2 saturated heterocycles. The normalized spacial score (nSPS) is 31.7. The minimum absolute atomic E-state index is 0.0888. The maximum atomic E-state index is 13.1. The second-order valence-corrected chi connectivity index (χ2v) is 7.42. The number of hydrogen-bond acceptors (Lipinski definition) is 5. The van der Waals surface area contributed by atoms with Gasteiger partial charge in [0.15, 0.2) is 11.5 Å². The first-order valence-corrected chi connectivity index (χ1v) is 8.77. The van der Waals surface area contributed by atoms with Gasteiger partial charge in [0.2, 0.25) is 24.4 Å². The Morgan fingerprint density at radius 2 is 2.04 bits per heavy atom. The smallest absolute Gasteiger partial charge is 0.256 e. The number of amides is 2. The number of ether oxygens (including phenoxy) is 3. The number of carbonyl (C=O) groups excluding carboxylic acids is 2. The van der Waals surface area contributed by atoms with E-state index in [0.717, 1.165) is 0 Å². The Hall–Kier alpha value is -2.95. The lowest BCUT2D eigenvalue weighted by Gasteiger charge is -2.41. The first-order chi connectivity index (χ1) is 12.8. The first-order valence-electron chi connectivity index (χ1n) is 8.77. The molecule has 4 atom stereocenters. The van der Waals surface area contributed by atoms with E-state index in [4.69, 9.17) is 20.8 Å². The van der Waals surface area contributed by atoms with E-state index < -0.39 is 23.7 Å². The van der Waals surface area contributed by atoms with E-state index in [2.05, 4.69) is 4.85 Å². The highest BCUT2D eigenvalue weighted by Crippen LogP contribution is 2.52. The van der Waals surface area contributed by atoms with E-state index in [0.29, 0.717) is 29.2 Å². The Bertz CT molecular complexity index is 879. The van der Waals surface area contributed by atoms with Crippen LogP contribution in [0, 0.1) is 6.57 Å². The molecule has 0 bridgehead atoms. The van der Waals surface area contributed by atoms with Crippen molar-refractivity contribution in [2.24, 2.45) is 0 Å². The maximum absolute atomic E-state index is 13.1. The van der Waals surface area contributed by atoms with Crippen LogP contribution in [0.5, 0.6) is 17.2 Å². The first kappa shape index (κ1) is 17.5. The zero-order valence-corrected chi connectivity index (χ0v) is 15.7. The zero-order valence-electron chi connectivity index (χ0n) is 15.7. The number of hydrogen-bond donors (Lipinski definition) is 0. The molecule has 8 heteroatoms. The molecule has 0 saturated carbocycles. The van der Waals surface area contributed by atoms with Crippen LogP contribution < -0.4 is 14.2 Å². The van der Waals surface area contributed by atoms with Gasteiger partial charge in [-0.2, -0.15) is 0 Å². The van der Waals surface area contributed by atoms with Crippen LogP contribution in [0.4, 0.5) is 0 Å². The lowest BCUT2D eigenvalue weighted by Crippen LogP contribution is -2.60. The standard InChI is InChI=1S/C19H21N3O5/c1-10-17(23)22-12(18(24)21(10)4)8-19(2,20-3)16(22)11-6-13(25-5)15-14(7-11)26-9-27-15/h6-7,10,12,16H,8-9H2,1-2,4-5H3/t10-,12+,16+,19+/m1/s1. The molecular formula is C19H21N3O5. The minimum Gasteiger partial charge on any atom is -0.493 e. The molecule has 0 aliphatic carbocycles. The molecule has 0 unspecified atom stereocenters. The number of benzene rings is 1. The summed E-state index contributed by atoms with van der Waals surface area (Å²) in [5.74, 6) is 1.22. The third-order valence-electron chi connectivity index (χ3n) is 5.89. The summed E-state index contributed by atoms with van der Waals surface area (Å²) in [5, 5.41) is 0. The molecule has 3 aliphatic heterocycles. The second kappa shape index (κ2) is 5.78. The average molecular weight is 371 g/mol. The molecule has 3 aliphatic rings. The summed E-state index contributed by atoms with van der Waals surface area (Å²) in [7, 11) is 3.16. The number of rotatable bonds is 2. The van der Waals surface area contributed by atoms with Gasteiger partial charge in [0.1, 0.15) is 18.1 Å². The summed E-state index contributed by atoms with van der Waals surface area (Å²) in [4.78, 5) is 32.8. The second-order valence-electron chi connectivity index (χ2n) is 7.42. The van der Waals surface area contributed by atoms with E-state index in [1.165, 1.54) is 12.0 Å². The van der Waals surface area contributed by atoms with Gasteiger partial charge in [-0.05, 0) is 24.6 Å². The van der Waals surface area contributed by atoms with Crippen molar-refractivity contribution in [1.29, 1.82) is 0 Å². The molecule has 0 radical (unpaired) electrons. The number of fused-ring (bicyclic) bond motifs is 2. The Morgan fingerprint density at radius 1 is 1.30 bits per heavy atom. The van der Waals surface area contributed by atoms with E-state index in [1.54, 1.807) is 37.9 Å². The van der Waals surface area contributed by atoms with Gasteiger partial charge in [-0.3, -0.25) is 9.59 Å². The Balaban J connectivity index is 1.87. The van der Waals surface area contributed by atoms with Crippen LogP contribution in [0.25, 0.3) is 4.85 Å². The maximum Gasteiger partial charge on any atom is 0.256 e. The topological polar surface area (TPSA) is 72.7 Å². The molecule has 27 heavy (non-hydrogen) atoms. The highest BCUT2D eigenvalue weighted by atomic mass is 16.7. The van der Waals surface area contributed by atoms with Crippen molar-refractivity contribution in [2.45, 2.75) is 43.9 Å². The van der Waals surface area contributed by atoms with E-state index >= 15 is 0 Å². The molecule has 0 spiro atoms. The van der Waals surface area contributed by atoms with Crippen molar-refractivity contribution >= 4 is 11.8 Å². The lowest BCUT2D eigenvalue weighted by molar-refractivity contribution is -0.159. The molecule has 4 rings (SSSR count). The number of methoxy groups -OCH3 is 1. The number of nitrogens with zero attached hydrogens (tertiary/aromatic N) is 3. The van der Waals surface area contributed by atoms with Crippen molar-refractivity contribution in [3.63, 3.8) is 0 Å². The highest BCUT2D eigenvalue weighted by Gasteiger charge is 2.62. The zero-order chi connectivity index (χ0) is 19.5. The fourth-order valence-corrected chi connectivity index (χ4v) is 4.31. The molecule has 2 amide bonds. The quantitative estimate of drug-likeness (QED) is 0.739. The van der Waals surface area contributed by atoms with Gasteiger partial charge < -0.3 is 28.9 Å². The molecule has 1 aromatic carbocycles.